The fourth-order valence-electron chi connectivity index (χ4n) is 2.39. The van der Waals surface area contributed by atoms with Gasteiger partial charge in [-0.25, -0.2) is 0 Å². The maximum atomic E-state index is 4.19. The maximum Gasteiger partial charge on any atom is 0.0238 e. The summed E-state index contributed by atoms with van der Waals surface area (Å²) in [6.07, 6.45) is 13.6. The van der Waals surface area contributed by atoms with Crippen LogP contribution in [0, 0.1) is 5.41 Å². The molecule has 0 aromatic rings. The molecular weight excluding hydrogens is 158 g/mol. The Morgan fingerprint density at radius 2 is 2.00 bits per heavy atom. The minimum atomic E-state index is 0.362. The molecule has 1 aliphatic carbocycles. The number of allylic oxidation sites excluding steroid dienone is 3. The predicted octanol–water partition coefficient (Wildman–Crippen LogP) is 2.78. The molecule has 0 saturated heterocycles. The van der Waals surface area contributed by atoms with E-state index in [1.165, 1.54) is 31.3 Å². The van der Waals surface area contributed by atoms with Crippen LogP contribution >= 0.6 is 0 Å². The number of nitrogens with one attached hydrogen (secondary N) is 1. The summed E-state index contributed by atoms with van der Waals surface area (Å²) in [6, 6.07) is 0. The summed E-state index contributed by atoms with van der Waals surface area (Å²) in [5.74, 6) is 0. The van der Waals surface area contributed by atoms with Crippen molar-refractivity contribution in [2.45, 2.75) is 25.7 Å². The van der Waals surface area contributed by atoms with Crippen molar-refractivity contribution < 1.29 is 0 Å². The molecule has 2 rings (SSSR count). The van der Waals surface area contributed by atoms with Crippen LogP contribution in [-0.4, -0.2) is 6.54 Å². The fourth-order valence-corrected chi connectivity index (χ4v) is 2.39. The summed E-state index contributed by atoms with van der Waals surface area (Å²) >= 11 is 0. The highest BCUT2D eigenvalue weighted by atomic mass is 14.9. The van der Waals surface area contributed by atoms with Crippen LogP contribution in [0.4, 0.5) is 0 Å². The minimum absolute atomic E-state index is 0.362. The van der Waals surface area contributed by atoms with E-state index in [9.17, 15) is 0 Å². The van der Waals surface area contributed by atoms with Crippen LogP contribution in [0.3, 0.4) is 0 Å². The molecule has 1 heteroatoms. The second-order valence-electron chi connectivity index (χ2n) is 4.11. The first-order chi connectivity index (χ1) is 6.33. The number of hydrogen-bond acceptors (Lipinski definition) is 1. The van der Waals surface area contributed by atoms with E-state index in [1.807, 2.05) is 12.3 Å². The molecule has 1 spiro atoms. The summed E-state index contributed by atoms with van der Waals surface area (Å²) in [5, 5.41) is 3.36. The lowest BCUT2D eigenvalue weighted by molar-refractivity contribution is 0.368. The molecule has 0 aromatic carbocycles. The Labute approximate surface area is 80.2 Å². The van der Waals surface area contributed by atoms with Gasteiger partial charge in [0, 0.05) is 12.0 Å². The summed E-state index contributed by atoms with van der Waals surface area (Å²) in [5.41, 5.74) is 1.67. The van der Waals surface area contributed by atoms with Crippen molar-refractivity contribution in [1.82, 2.24) is 5.32 Å². The van der Waals surface area contributed by atoms with Crippen LogP contribution in [0.2, 0.25) is 0 Å². The van der Waals surface area contributed by atoms with Crippen molar-refractivity contribution in [1.29, 1.82) is 0 Å². The molecule has 70 valence electrons. The van der Waals surface area contributed by atoms with Gasteiger partial charge in [0.25, 0.3) is 0 Å². The average Bonchev–Trinajstić information content (AvgIpc) is 2.58. The molecule has 1 heterocycles. The van der Waals surface area contributed by atoms with E-state index >= 15 is 0 Å². The molecule has 1 fully saturated rings. The van der Waals surface area contributed by atoms with Gasteiger partial charge in [-0.2, -0.15) is 0 Å². The van der Waals surface area contributed by atoms with E-state index in [0.29, 0.717) is 5.41 Å². The monoisotopic (exact) mass is 175 g/mol. The molecule has 1 N–H and O–H groups in total. The molecule has 0 unspecified atom stereocenters. The molecule has 0 amide bonds. The largest absolute Gasteiger partial charge is 0.390 e. The van der Waals surface area contributed by atoms with Crippen molar-refractivity contribution in [2.75, 3.05) is 6.54 Å². The molecule has 1 aliphatic heterocycles. The smallest absolute Gasteiger partial charge is 0.0238 e. The van der Waals surface area contributed by atoms with Gasteiger partial charge < -0.3 is 5.32 Å². The highest BCUT2D eigenvalue weighted by molar-refractivity contribution is 5.29. The van der Waals surface area contributed by atoms with Gasteiger partial charge in [-0.3, -0.25) is 0 Å². The van der Waals surface area contributed by atoms with E-state index in [1.54, 1.807) is 0 Å². The Hall–Kier alpha value is -0.980. The van der Waals surface area contributed by atoms with E-state index in [0.717, 1.165) is 6.54 Å². The molecule has 0 aromatic heterocycles. The van der Waals surface area contributed by atoms with Crippen LogP contribution in [0.5, 0.6) is 0 Å². The Balaban J connectivity index is 2.21. The van der Waals surface area contributed by atoms with Crippen LogP contribution in [0.1, 0.15) is 25.7 Å². The molecule has 1 nitrogen and oxygen atoms in total. The summed E-state index contributed by atoms with van der Waals surface area (Å²) < 4.78 is 0. The second kappa shape index (κ2) is 3.41. The van der Waals surface area contributed by atoms with Gasteiger partial charge in [0.1, 0.15) is 0 Å². The minimum Gasteiger partial charge on any atom is -0.390 e. The lowest BCUT2D eigenvalue weighted by atomic mass is 9.78. The normalized spacial score (nSPS) is 30.6. The zero-order valence-corrected chi connectivity index (χ0v) is 8.05. The first-order valence-corrected chi connectivity index (χ1v) is 5.10. The number of rotatable bonds is 0. The lowest BCUT2D eigenvalue weighted by Crippen LogP contribution is -2.31. The Morgan fingerprint density at radius 1 is 1.23 bits per heavy atom. The first kappa shape index (κ1) is 8.61. The van der Waals surface area contributed by atoms with Crippen molar-refractivity contribution in [2.24, 2.45) is 5.41 Å². The van der Waals surface area contributed by atoms with Crippen molar-refractivity contribution >= 4 is 0 Å². The fraction of sp³-hybridized carbons (Fsp3) is 0.500. The SMILES string of the molecule is C=C1/C=C\C=C/NCC12CCCC2. The first-order valence-electron chi connectivity index (χ1n) is 5.10. The Kier molecular flexibility index (Phi) is 2.26. The molecule has 2 aliphatic rings. The third-order valence-electron chi connectivity index (χ3n) is 3.30. The number of hydrogen-bond donors (Lipinski definition) is 1. The summed E-state index contributed by atoms with van der Waals surface area (Å²) in [6.45, 7) is 5.25. The molecule has 1 saturated carbocycles. The molecule has 0 radical (unpaired) electrons. The van der Waals surface area contributed by atoms with Crippen LogP contribution in [-0.2, 0) is 0 Å². The average molecular weight is 175 g/mol. The van der Waals surface area contributed by atoms with Crippen LogP contribution in [0.25, 0.3) is 0 Å². The summed E-state index contributed by atoms with van der Waals surface area (Å²) in [7, 11) is 0. The highest BCUT2D eigenvalue weighted by Crippen LogP contribution is 2.43. The lowest BCUT2D eigenvalue weighted by Gasteiger charge is -2.30. The zero-order valence-electron chi connectivity index (χ0n) is 8.05. The zero-order chi connectivity index (χ0) is 9.15. The molecule has 0 bridgehead atoms. The molecule has 13 heavy (non-hydrogen) atoms. The topological polar surface area (TPSA) is 12.0 Å². The van der Waals surface area contributed by atoms with Gasteiger partial charge >= 0.3 is 0 Å². The third-order valence-corrected chi connectivity index (χ3v) is 3.30. The Bertz CT molecular complexity index is 254. The summed E-state index contributed by atoms with van der Waals surface area (Å²) in [4.78, 5) is 0. The van der Waals surface area contributed by atoms with E-state index < -0.39 is 0 Å². The van der Waals surface area contributed by atoms with Crippen molar-refractivity contribution in [3.05, 3.63) is 36.6 Å². The van der Waals surface area contributed by atoms with Gasteiger partial charge in [-0.05, 0) is 30.7 Å². The highest BCUT2D eigenvalue weighted by Gasteiger charge is 2.35. The van der Waals surface area contributed by atoms with Gasteiger partial charge in [0.15, 0.2) is 0 Å². The van der Waals surface area contributed by atoms with Gasteiger partial charge in [0.05, 0.1) is 0 Å². The van der Waals surface area contributed by atoms with Gasteiger partial charge in [-0.15, -0.1) is 0 Å². The molecule has 0 atom stereocenters. The maximum absolute atomic E-state index is 4.19. The Morgan fingerprint density at radius 3 is 2.77 bits per heavy atom. The van der Waals surface area contributed by atoms with Gasteiger partial charge in [-0.1, -0.05) is 31.6 Å². The predicted molar refractivity (Wildman–Crippen MR) is 56.3 cm³/mol. The third kappa shape index (κ3) is 1.55. The quantitative estimate of drug-likeness (QED) is 0.597. The van der Waals surface area contributed by atoms with E-state index in [-0.39, 0.29) is 0 Å². The van der Waals surface area contributed by atoms with Gasteiger partial charge in [0.2, 0.25) is 0 Å². The molecular formula is C12H17N. The van der Waals surface area contributed by atoms with Crippen LogP contribution in [0.15, 0.2) is 36.6 Å². The van der Waals surface area contributed by atoms with Crippen molar-refractivity contribution in [3.8, 4) is 0 Å². The van der Waals surface area contributed by atoms with Crippen LogP contribution < -0.4 is 5.32 Å². The van der Waals surface area contributed by atoms with E-state index in [2.05, 4.69) is 24.0 Å². The second-order valence-corrected chi connectivity index (χ2v) is 4.11. The van der Waals surface area contributed by atoms with Crippen molar-refractivity contribution in [3.63, 3.8) is 0 Å². The standard InChI is InChI=1S/C12H17N/c1-11-6-2-5-9-13-10-12(11)7-3-4-8-12/h2,5-6,9,13H,1,3-4,7-8,10H2/b6-2-,9-5-. The van der Waals surface area contributed by atoms with E-state index in [4.69, 9.17) is 0 Å².